The Morgan fingerprint density at radius 2 is 1.93 bits per heavy atom. The summed E-state index contributed by atoms with van der Waals surface area (Å²) in [6.07, 6.45) is 12.7. The second-order valence-corrected chi connectivity index (χ2v) is 6.78. The molecular weight excluding hydrogens is 344 g/mol. The largest absolute Gasteiger partial charge is 0.466 e. The lowest BCUT2D eigenvalue weighted by molar-refractivity contribution is -0.142. The number of hydrogen-bond acceptors (Lipinski definition) is 5. The number of aliphatic hydroxyl groups is 1. The fourth-order valence-corrected chi connectivity index (χ4v) is 3.13. The summed E-state index contributed by atoms with van der Waals surface area (Å²) in [6.45, 7) is 4.22. The van der Waals surface area contributed by atoms with Crippen molar-refractivity contribution >= 4 is 17.5 Å². The van der Waals surface area contributed by atoms with Crippen LogP contribution in [0.5, 0.6) is 0 Å². The number of esters is 1. The molecule has 0 amide bonds. The maximum absolute atomic E-state index is 12.1. The lowest BCUT2D eigenvalue weighted by Crippen LogP contribution is -2.16. The summed E-state index contributed by atoms with van der Waals surface area (Å²) in [7, 11) is 0. The van der Waals surface area contributed by atoms with E-state index in [0.29, 0.717) is 31.4 Å². The molecule has 27 heavy (non-hydrogen) atoms. The molecule has 5 nitrogen and oxygen atoms in total. The topological polar surface area (TPSA) is 80.7 Å². The molecule has 1 rings (SSSR count). The van der Waals surface area contributed by atoms with Crippen LogP contribution in [0.4, 0.5) is 0 Å². The fourth-order valence-electron chi connectivity index (χ4n) is 3.13. The van der Waals surface area contributed by atoms with Gasteiger partial charge in [-0.3, -0.25) is 14.4 Å². The number of carbonyl (C=O) groups is 3. The Hall–Kier alpha value is -2.01. The maximum atomic E-state index is 12.1. The van der Waals surface area contributed by atoms with E-state index in [9.17, 15) is 19.5 Å². The smallest absolute Gasteiger partial charge is 0.309 e. The molecule has 1 aliphatic rings. The fraction of sp³-hybridized carbons (Fsp3) is 0.591. The number of carbonyl (C=O) groups excluding carboxylic acids is 3. The van der Waals surface area contributed by atoms with E-state index in [1.54, 1.807) is 37.3 Å². The molecule has 0 aromatic rings. The van der Waals surface area contributed by atoms with Crippen LogP contribution in [-0.2, 0) is 19.1 Å². The van der Waals surface area contributed by atoms with Crippen LogP contribution in [0.3, 0.4) is 0 Å². The van der Waals surface area contributed by atoms with Crippen molar-refractivity contribution in [2.45, 2.75) is 71.3 Å². The van der Waals surface area contributed by atoms with Gasteiger partial charge in [-0.1, -0.05) is 50.1 Å². The van der Waals surface area contributed by atoms with Gasteiger partial charge in [-0.05, 0) is 19.8 Å². The number of ketones is 2. The third kappa shape index (κ3) is 8.96. The molecule has 0 aliphatic heterocycles. The Morgan fingerprint density at radius 1 is 1.15 bits per heavy atom. The molecule has 0 heterocycles. The van der Waals surface area contributed by atoms with Gasteiger partial charge in [0.1, 0.15) is 5.78 Å². The highest BCUT2D eigenvalue weighted by atomic mass is 16.5. The van der Waals surface area contributed by atoms with Crippen molar-refractivity contribution in [2.24, 2.45) is 5.92 Å². The standard InChI is InChI=1S/C22H32O5/c1-3-5-8-11-17(23)14-15-19-18(20(24)16-21(19)25)12-9-6-7-10-13-22(26)27-4-2/h6-7,9-10,12,19,21,25H,3-5,8,11,13-16H2,1-2H3/b9-6+,10-7+,18-12-/t19-,21-/m1/s1. The summed E-state index contributed by atoms with van der Waals surface area (Å²) in [5.41, 5.74) is 0.582. The molecule has 0 radical (unpaired) electrons. The first-order valence-electron chi connectivity index (χ1n) is 9.91. The third-order valence-corrected chi connectivity index (χ3v) is 4.60. The molecule has 1 fully saturated rings. The van der Waals surface area contributed by atoms with Gasteiger partial charge in [-0.25, -0.2) is 0 Å². The van der Waals surface area contributed by atoms with Crippen molar-refractivity contribution < 1.29 is 24.2 Å². The predicted molar refractivity (Wildman–Crippen MR) is 105 cm³/mol. The predicted octanol–water partition coefficient (Wildman–Crippen LogP) is 3.86. The SMILES string of the molecule is CCCCCC(=O)CC[C@@H]1/C(=C/C=C/C=C/CC(=O)OCC)C(=O)C[C@H]1O. The normalized spacial score (nSPS) is 21.6. The lowest BCUT2D eigenvalue weighted by Gasteiger charge is -2.14. The van der Waals surface area contributed by atoms with E-state index in [0.717, 1.165) is 19.3 Å². The molecule has 0 spiro atoms. The summed E-state index contributed by atoms with van der Waals surface area (Å²) in [5, 5.41) is 10.1. The molecule has 0 saturated heterocycles. The molecule has 0 unspecified atom stereocenters. The van der Waals surface area contributed by atoms with Gasteiger partial charge in [-0.15, -0.1) is 0 Å². The van der Waals surface area contributed by atoms with Gasteiger partial charge in [0.15, 0.2) is 5.78 Å². The van der Waals surface area contributed by atoms with Crippen LogP contribution in [0.25, 0.3) is 0 Å². The molecule has 0 aromatic heterocycles. The first kappa shape index (κ1) is 23.0. The minimum Gasteiger partial charge on any atom is -0.466 e. The van der Waals surface area contributed by atoms with Crippen LogP contribution in [0.2, 0.25) is 0 Å². The summed E-state index contributed by atoms with van der Waals surface area (Å²) >= 11 is 0. The summed E-state index contributed by atoms with van der Waals surface area (Å²) in [5.74, 6) is -0.420. The number of rotatable bonds is 12. The molecule has 5 heteroatoms. The van der Waals surface area contributed by atoms with Crippen molar-refractivity contribution in [3.05, 3.63) is 36.0 Å². The van der Waals surface area contributed by atoms with E-state index in [-0.39, 0.29) is 36.3 Å². The highest BCUT2D eigenvalue weighted by Gasteiger charge is 2.36. The molecule has 2 atom stereocenters. The van der Waals surface area contributed by atoms with Crippen molar-refractivity contribution in [3.8, 4) is 0 Å². The van der Waals surface area contributed by atoms with Gasteiger partial charge in [0.25, 0.3) is 0 Å². The van der Waals surface area contributed by atoms with E-state index in [4.69, 9.17) is 4.74 Å². The summed E-state index contributed by atoms with van der Waals surface area (Å²) < 4.78 is 4.82. The molecule has 1 aliphatic carbocycles. The van der Waals surface area contributed by atoms with Gasteiger partial charge in [0.05, 0.1) is 19.1 Å². The number of hydrogen-bond donors (Lipinski definition) is 1. The number of allylic oxidation sites excluding steroid dienone is 4. The van der Waals surface area contributed by atoms with Crippen LogP contribution in [0.15, 0.2) is 36.0 Å². The molecular formula is C22H32O5. The van der Waals surface area contributed by atoms with Crippen LogP contribution in [0.1, 0.15) is 65.2 Å². The van der Waals surface area contributed by atoms with Gasteiger partial charge >= 0.3 is 5.97 Å². The van der Waals surface area contributed by atoms with Crippen LogP contribution < -0.4 is 0 Å². The lowest BCUT2D eigenvalue weighted by atomic mass is 9.92. The molecule has 1 N–H and O–H groups in total. The Morgan fingerprint density at radius 3 is 2.63 bits per heavy atom. The van der Waals surface area contributed by atoms with E-state index >= 15 is 0 Å². The average Bonchev–Trinajstić information content (AvgIpc) is 2.89. The minimum atomic E-state index is -0.708. The van der Waals surface area contributed by atoms with Crippen LogP contribution in [-0.4, -0.2) is 35.4 Å². The van der Waals surface area contributed by atoms with Gasteiger partial charge in [-0.2, -0.15) is 0 Å². The quantitative estimate of drug-likeness (QED) is 0.242. The number of aliphatic hydroxyl groups excluding tert-OH is 1. The van der Waals surface area contributed by atoms with Crippen molar-refractivity contribution in [1.29, 1.82) is 0 Å². The number of ether oxygens (including phenoxy) is 1. The van der Waals surface area contributed by atoms with Gasteiger partial charge in [0, 0.05) is 30.8 Å². The van der Waals surface area contributed by atoms with Gasteiger partial charge in [0.2, 0.25) is 0 Å². The van der Waals surface area contributed by atoms with E-state index in [2.05, 4.69) is 6.92 Å². The Labute approximate surface area is 162 Å². The zero-order valence-electron chi connectivity index (χ0n) is 16.5. The highest BCUT2D eigenvalue weighted by Crippen LogP contribution is 2.32. The van der Waals surface area contributed by atoms with Crippen LogP contribution >= 0.6 is 0 Å². The second-order valence-electron chi connectivity index (χ2n) is 6.78. The second kappa shape index (κ2) is 13.2. The first-order chi connectivity index (χ1) is 13.0. The molecule has 0 aromatic carbocycles. The van der Waals surface area contributed by atoms with E-state index in [1.165, 1.54) is 0 Å². The van der Waals surface area contributed by atoms with Gasteiger partial charge < -0.3 is 9.84 Å². The monoisotopic (exact) mass is 376 g/mol. The van der Waals surface area contributed by atoms with Crippen molar-refractivity contribution in [2.75, 3.05) is 6.61 Å². The molecule has 0 bridgehead atoms. The molecule has 150 valence electrons. The zero-order valence-corrected chi connectivity index (χ0v) is 16.5. The maximum Gasteiger partial charge on any atom is 0.309 e. The highest BCUT2D eigenvalue weighted by molar-refractivity contribution is 5.99. The number of unbranched alkanes of at least 4 members (excludes halogenated alkanes) is 2. The third-order valence-electron chi connectivity index (χ3n) is 4.60. The number of Topliss-reactive ketones (excluding diaryl/α,β-unsaturated/α-hetero) is 2. The summed E-state index contributed by atoms with van der Waals surface area (Å²) in [4.78, 5) is 35.3. The summed E-state index contributed by atoms with van der Waals surface area (Å²) in [6, 6.07) is 0. The Balaban J connectivity index is 2.54. The van der Waals surface area contributed by atoms with Crippen LogP contribution in [0, 0.1) is 5.92 Å². The first-order valence-corrected chi connectivity index (χ1v) is 9.91. The van der Waals surface area contributed by atoms with Crippen molar-refractivity contribution in [3.63, 3.8) is 0 Å². The minimum absolute atomic E-state index is 0.0638. The Kier molecular flexibility index (Phi) is 11.3. The van der Waals surface area contributed by atoms with E-state index < -0.39 is 6.10 Å². The zero-order chi connectivity index (χ0) is 20.1. The van der Waals surface area contributed by atoms with E-state index in [1.807, 2.05) is 0 Å². The Bertz CT molecular complexity index is 586. The van der Waals surface area contributed by atoms with Crippen molar-refractivity contribution in [1.82, 2.24) is 0 Å². The average molecular weight is 376 g/mol. The molecule has 1 saturated carbocycles.